The van der Waals surface area contributed by atoms with E-state index >= 15 is 0 Å². The number of hydrogen-bond donors (Lipinski definition) is 1. The van der Waals surface area contributed by atoms with Gasteiger partial charge >= 0.3 is 0 Å². The molecule has 0 spiro atoms. The quantitative estimate of drug-likeness (QED) is 0.811. The van der Waals surface area contributed by atoms with E-state index in [1.165, 1.54) is 0 Å². The monoisotopic (exact) mass is 227 g/mol. The molecule has 2 rings (SSSR count). The van der Waals surface area contributed by atoms with Crippen LogP contribution in [0.1, 0.15) is 24.2 Å². The molecule has 0 heterocycles. The number of para-hydroxylation sites is 1. The van der Waals surface area contributed by atoms with Crippen LogP contribution in [0.5, 0.6) is 5.75 Å². The zero-order valence-corrected chi connectivity index (χ0v) is 10.2. The third-order valence-corrected chi connectivity index (χ3v) is 2.80. The standard InChI is InChI=1S/C15H17NO/c1-11-5-3-4-6-15(11)17-12(2)13-7-9-14(16)10-8-13/h3-10,12H,16H2,1-2H3. The van der Waals surface area contributed by atoms with Gasteiger partial charge in [0.1, 0.15) is 11.9 Å². The summed E-state index contributed by atoms with van der Waals surface area (Å²) in [5, 5.41) is 0. The van der Waals surface area contributed by atoms with Crippen LogP contribution < -0.4 is 10.5 Å². The molecule has 0 aromatic heterocycles. The van der Waals surface area contributed by atoms with Gasteiger partial charge in [0, 0.05) is 5.69 Å². The lowest BCUT2D eigenvalue weighted by atomic mass is 10.1. The summed E-state index contributed by atoms with van der Waals surface area (Å²) in [6.07, 6.45) is 0.0247. The molecule has 1 atom stereocenters. The zero-order chi connectivity index (χ0) is 12.3. The third kappa shape index (κ3) is 2.78. The predicted octanol–water partition coefficient (Wildman–Crippen LogP) is 3.72. The highest BCUT2D eigenvalue weighted by molar-refractivity contribution is 5.40. The number of hydrogen-bond acceptors (Lipinski definition) is 2. The molecule has 0 fully saturated rings. The van der Waals surface area contributed by atoms with E-state index in [4.69, 9.17) is 10.5 Å². The first-order valence-corrected chi connectivity index (χ1v) is 5.74. The molecule has 0 radical (unpaired) electrons. The molecule has 0 amide bonds. The Morgan fingerprint density at radius 3 is 2.29 bits per heavy atom. The predicted molar refractivity (Wildman–Crippen MR) is 71.1 cm³/mol. The Hall–Kier alpha value is -1.96. The van der Waals surface area contributed by atoms with Crippen molar-refractivity contribution in [3.8, 4) is 5.75 Å². The van der Waals surface area contributed by atoms with Crippen molar-refractivity contribution in [3.63, 3.8) is 0 Å². The number of benzene rings is 2. The number of ether oxygens (including phenoxy) is 1. The molecule has 0 bridgehead atoms. The molecular formula is C15H17NO. The van der Waals surface area contributed by atoms with E-state index in [0.717, 1.165) is 22.6 Å². The maximum absolute atomic E-state index is 5.93. The first-order valence-electron chi connectivity index (χ1n) is 5.74. The Bertz CT molecular complexity index is 491. The highest BCUT2D eigenvalue weighted by Crippen LogP contribution is 2.24. The van der Waals surface area contributed by atoms with Crippen molar-refractivity contribution in [1.82, 2.24) is 0 Å². The molecule has 0 saturated heterocycles. The van der Waals surface area contributed by atoms with Gasteiger partial charge < -0.3 is 10.5 Å². The molecule has 2 aromatic carbocycles. The summed E-state index contributed by atoms with van der Waals surface area (Å²) in [6, 6.07) is 15.8. The van der Waals surface area contributed by atoms with Gasteiger partial charge in [-0.25, -0.2) is 0 Å². The van der Waals surface area contributed by atoms with Gasteiger partial charge in [0.05, 0.1) is 0 Å². The molecule has 0 aliphatic rings. The van der Waals surface area contributed by atoms with E-state index < -0.39 is 0 Å². The Morgan fingerprint density at radius 2 is 1.65 bits per heavy atom. The summed E-state index contributed by atoms with van der Waals surface area (Å²) in [6.45, 7) is 4.09. The van der Waals surface area contributed by atoms with Crippen LogP contribution in [0.2, 0.25) is 0 Å². The summed E-state index contributed by atoms with van der Waals surface area (Å²) in [4.78, 5) is 0. The van der Waals surface area contributed by atoms with Crippen LogP contribution >= 0.6 is 0 Å². The second kappa shape index (κ2) is 4.91. The largest absolute Gasteiger partial charge is 0.486 e. The fraction of sp³-hybridized carbons (Fsp3) is 0.200. The Balaban J connectivity index is 2.14. The van der Waals surface area contributed by atoms with E-state index in [-0.39, 0.29) is 6.10 Å². The maximum atomic E-state index is 5.93. The average molecular weight is 227 g/mol. The molecule has 17 heavy (non-hydrogen) atoms. The van der Waals surface area contributed by atoms with E-state index in [0.29, 0.717) is 0 Å². The molecule has 0 aliphatic heterocycles. The van der Waals surface area contributed by atoms with Crippen molar-refractivity contribution >= 4 is 5.69 Å². The number of anilines is 1. The van der Waals surface area contributed by atoms with E-state index in [1.54, 1.807) is 0 Å². The van der Waals surface area contributed by atoms with Gasteiger partial charge in [0.15, 0.2) is 0 Å². The number of nitrogen functional groups attached to an aromatic ring is 1. The van der Waals surface area contributed by atoms with Crippen molar-refractivity contribution in [3.05, 3.63) is 59.7 Å². The molecule has 2 heteroatoms. The van der Waals surface area contributed by atoms with Gasteiger partial charge in [0.2, 0.25) is 0 Å². The molecule has 0 aliphatic carbocycles. The van der Waals surface area contributed by atoms with Crippen LogP contribution in [0.15, 0.2) is 48.5 Å². The summed E-state index contributed by atoms with van der Waals surface area (Å²) in [5.41, 5.74) is 8.71. The Labute approximate surface area is 102 Å². The lowest BCUT2D eigenvalue weighted by Gasteiger charge is -2.16. The van der Waals surface area contributed by atoms with Crippen molar-refractivity contribution < 1.29 is 4.74 Å². The SMILES string of the molecule is Cc1ccccc1OC(C)c1ccc(N)cc1. The van der Waals surface area contributed by atoms with Crippen LogP contribution in [-0.4, -0.2) is 0 Å². The Morgan fingerprint density at radius 1 is 1.00 bits per heavy atom. The minimum absolute atomic E-state index is 0.0247. The van der Waals surface area contributed by atoms with Crippen LogP contribution in [0, 0.1) is 6.92 Å². The van der Waals surface area contributed by atoms with Crippen molar-refractivity contribution in [2.24, 2.45) is 0 Å². The third-order valence-electron chi connectivity index (χ3n) is 2.80. The lowest BCUT2D eigenvalue weighted by Crippen LogP contribution is -2.04. The molecular weight excluding hydrogens is 210 g/mol. The van der Waals surface area contributed by atoms with Crippen LogP contribution in [0.3, 0.4) is 0 Å². The minimum atomic E-state index is 0.0247. The van der Waals surface area contributed by atoms with Gasteiger partial charge in [-0.1, -0.05) is 30.3 Å². The van der Waals surface area contributed by atoms with Crippen LogP contribution in [-0.2, 0) is 0 Å². The zero-order valence-electron chi connectivity index (χ0n) is 10.2. The van der Waals surface area contributed by atoms with Gasteiger partial charge in [0.25, 0.3) is 0 Å². The fourth-order valence-electron chi connectivity index (χ4n) is 1.71. The van der Waals surface area contributed by atoms with E-state index in [1.807, 2.05) is 62.4 Å². The van der Waals surface area contributed by atoms with Crippen molar-refractivity contribution in [1.29, 1.82) is 0 Å². The lowest BCUT2D eigenvalue weighted by molar-refractivity contribution is 0.225. The Kier molecular flexibility index (Phi) is 3.33. The van der Waals surface area contributed by atoms with Gasteiger partial charge in [-0.05, 0) is 43.2 Å². The smallest absolute Gasteiger partial charge is 0.123 e. The molecule has 2 aromatic rings. The highest BCUT2D eigenvalue weighted by atomic mass is 16.5. The average Bonchev–Trinajstić information content (AvgIpc) is 2.33. The molecule has 1 unspecified atom stereocenters. The van der Waals surface area contributed by atoms with Gasteiger partial charge in [-0.3, -0.25) is 0 Å². The number of nitrogens with two attached hydrogens (primary N) is 1. The molecule has 0 saturated carbocycles. The van der Waals surface area contributed by atoms with Crippen molar-refractivity contribution in [2.45, 2.75) is 20.0 Å². The summed E-state index contributed by atoms with van der Waals surface area (Å²) in [5.74, 6) is 0.928. The first kappa shape index (κ1) is 11.5. The number of rotatable bonds is 3. The van der Waals surface area contributed by atoms with E-state index in [2.05, 4.69) is 0 Å². The molecule has 2 N–H and O–H groups in total. The number of aryl methyl sites for hydroxylation is 1. The summed E-state index contributed by atoms with van der Waals surface area (Å²) < 4.78 is 5.93. The van der Waals surface area contributed by atoms with E-state index in [9.17, 15) is 0 Å². The van der Waals surface area contributed by atoms with Crippen LogP contribution in [0.4, 0.5) is 5.69 Å². The topological polar surface area (TPSA) is 35.2 Å². The second-order valence-corrected chi connectivity index (χ2v) is 4.19. The normalized spacial score (nSPS) is 12.1. The first-order chi connectivity index (χ1) is 8.16. The highest BCUT2D eigenvalue weighted by Gasteiger charge is 2.08. The second-order valence-electron chi connectivity index (χ2n) is 4.19. The molecule has 88 valence electrons. The van der Waals surface area contributed by atoms with Crippen LogP contribution in [0.25, 0.3) is 0 Å². The maximum Gasteiger partial charge on any atom is 0.123 e. The fourth-order valence-corrected chi connectivity index (χ4v) is 1.71. The minimum Gasteiger partial charge on any atom is -0.486 e. The summed E-state index contributed by atoms with van der Waals surface area (Å²) >= 11 is 0. The van der Waals surface area contributed by atoms with Gasteiger partial charge in [-0.2, -0.15) is 0 Å². The molecule has 2 nitrogen and oxygen atoms in total. The van der Waals surface area contributed by atoms with Gasteiger partial charge in [-0.15, -0.1) is 0 Å². The summed E-state index contributed by atoms with van der Waals surface area (Å²) in [7, 11) is 0. The van der Waals surface area contributed by atoms with Crippen molar-refractivity contribution in [2.75, 3.05) is 5.73 Å².